The Balaban J connectivity index is 1.88. The van der Waals surface area contributed by atoms with E-state index in [9.17, 15) is 0 Å². The summed E-state index contributed by atoms with van der Waals surface area (Å²) >= 11 is 1.80. The predicted molar refractivity (Wildman–Crippen MR) is 109 cm³/mol. The number of fused-ring (bicyclic) bond motifs is 1. The molecular formula is C23H18N2S. The number of imidazole rings is 1. The summed E-state index contributed by atoms with van der Waals surface area (Å²) in [5.41, 5.74) is 3.28. The average molecular weight is 354 g/mol. The molecule has 1 heterocycles. The van der Waals surface area contributed by atoms with Gasteiger partial charge in [-0.25, -0.2) is 4.98 Å². The number of para-hydroxylation sites is 2. The molecule has 126 valence electrons. The standard InChI is InChI=1S/C23H18N2S/c1-2-17-25-21-16-10-9-15-20(21)24-23(25)22(18-11-5-3-6-12-18)26-19-13-7-4-8-14-19/h1,3-16,22H,17H2. The minimum atomic E-state index is 0.0688. The van der Waals surface area contributed by atoms with E-state index in [1.54, 1.807) is 11.8 Å². The smallest absolute Gasteiger partial charge is 0.128 e. The van der Waals surface area contributed by atoms with Crippen LogP contribution in [0.5, 0.6) is 0 Å². The summed E-state index contributed by atoms with van der Waals surface area (Å²) in [5, 5.41) is 0.0688. The lowest BCUT2D eigenvalue weighted by Gasteiger charge is -2.18. The number of hydrogen-bond acceptors (Lipinski definition) is 2. The van der Waals surface area contributed by atoms with Crippen LogP contribution in [0.25, 0.3) is 11.0 Å². The molecular weight excluding hydrogens is 336 g/mol. The summed E-state index contributed by atoms with van der Waals surface area (Å²) in [6, 6.07) is 29.1. The first kappa shape index (κ1) is 16.5. The third-order valence-corrected chi connectivity index (χ3v) is 5.53. The molecule has 0 radical (unpaired) electrons. The van der Waals surface area contributed by atoms with E-state index in [0.29, 0.717) is 6.54 Å². The molecule has 0 aliphatic carbocycles. The zero-order chi connectivity index (χ0) is 17.8. The fourth-order valence-corrected chi connectivity index (χ4v) is 4.25. The van der Waals surface area contributed by atoms with Crippen LogP contribution < -0.4 is 0 Å². The molecule has 2 nitrogen and oxygen atoms in total. The molecule has 3 aromatic carbocycles. The molecule has 3 heteroatoms. The van der Waals surface area contributed by atoms with Gasteiger partial charge in [-0.15, -0.1) is 18.2 Å². The summed E-state index contributed by atoms with van der Waals surface area (Å²) in [4.78, 5) is 6.16. The van der Waals surface area contributed by atoms with Gasteiger partial charge in [0.05, 0.1) is 22.8 Å². The monoisotopic (exact) mass is 354 g/mol. The first-order chi connectivity index (χ1) is 12.9. The second-order valence-corrected chi connectivity index (χ2v) is 7.15. The van der Waals surface area contributed by atoms with E-state index in [-0.39, 0.29) is 5.25 Å². The lowest BCUT2D eigenvalue weighted by molar-refractivity contribution is 0.787. The van der Waals surface area contributed by atoms with Gasteiger partial charge in [0.15, 0.2) is 0 Å². The molecule has 0 spiro atoms. The van der Waals surface area contributed by atoms with Crippen molar-refractivity contribution in [3.05, 3.63) is 96.3 Å². The zero-order valence-corrected chi connectivity index (χ0v) is 15.1. The van der Waals surface area contributed by atoms with Crippen LogP contribution in [0.3, 0.4) is 0 Å². The molecule has 0 aliphatic rings. The highest BCUT2D eigenvalue weighted by atomic mass is 32.2. The first-order valence-electron chi connectivity index (χ1n) is 8.52. The SMILES string of the molecule is C#CCn1c(C(Sc2ccccc2)c2ccccc2)nc2ccccc21. The number of thioether (sulfide) groups is 1. The second-order valence-electron chi connectivity index (χ2n) is 5.97. The maximum Gasteiger partial charge on any atom is 0.128 e. The topological polar surface area (TPSA) is 17.8 Å². The highest BCUT2D eigenvalue weighted by Crippen LogP contribution is 2.40. The average Bonchev–Trinajstić information content (AvgIpc) is 3.06. The van der Waals surface area contributed by atoms with Gasteiger partial charge < -0.3 is 4.57 Å². The van der Waals surface area contributed by atoms with Crippen molar-refractivity contribution in [2.75, 3.05) is 0 Å². The zero-order valence-electron chi connectivity index (χ0n) is 14.2. The molecule has 1 atom stereocenters. The highest BCUT2D eigenvalue weighted by Gasteiger charge is 2.23. The van der Waals surface area contributed by atoms with Crippen LogP contribution >= 0.6 is 11.8 Å². The minimum absolute atomic E-state index is 0.0688. The number of benzene rings is 3. The summed E-state index contributed by atoms with van der Waals surface area (Å²) < 4.78 is 2.16. The van der Waals surface area contributed by atoms with Crippen molar-refractivity contribution in [2.24, 2.45) is 0 Å². The third-order valence-electron chi connectivity index (χ3n) is 4.27. The Morgan fingerprint density at radius 1 is 0.885 bits per heavy atom. The molecule has 4 rings (SSSR count). The van der Waals surface area contributed by atoms with Crippen LogP contribution in [-0.2, 0) is 6.54 Å². The van der Waals surface area contributed by atoms with Gasteiger partial charge in [-0.05, 0) is 29.8 Å². The van der Waals surface area contributed by atoms with Crippen molar-refractivity contribution in [3.63, 3.8) is 0 Å². The molecule has 0 bridgehead atoms. The number of nitrogens with zero attached hydrogens (tertiary/aromatic N) is 2. The quantitative estimate of drug-likeness (QED) is 0.345. The van der Waals surface area contributed by atoms with Crippen LogP contribution in [-0.4, -0.2) is 9.55 Å². The Morgan fingerprint density at radius 2 is 1.54 bits per heavy atom. The maximum absolute atomic E-state index is 5.67. The fourth-order valence-electron chi connectivity index (χ4n) is 3.08. The molecule has 0 fully saturated rings. The van der Waals surface area contributed by atoms with E-state index in [4.69, 9.17) is 11.4 Å². The molecule has 1 aromatic heterocycles. The molecule has 26 heavy (non-hydrogen) atoms. The van der Waals surface area contributed by atoms with Crippen molar-refractivity contribution in [1.82, 2.24) is 9.55 Å². The first-order valence-corrected chi connectivity index (χ1v) is 9.40. The van der Waals surface area contributed by atoms with Crippen molar-refractivity contribution in [2.45, 2.75) is 16.7 Å². The number of rotatable bonds is 5. The number of aromatic nitrogens is 2. The Morgan fingerprint density at radius 3 is 2.27 bits per heavy atom. The minimum Gasteiger partial charge on any atom is -0.315 e. The normalized spacial score (nSPS) is 12.0. The van der Waals surface area contributed by atoms with Crippen molar-refractivity contribution < 1.29 is 0 Å². The molecule has 0 saturated carbocycles. The van der Waals surface area contributed by atoms with Crippen LogP contribution in [0.2, 0.25) is 0 Å². The van der Waals surface area contributed by atoms with Crippen LogP contribution in [0, 0.1) is 12.3 Å². The number of hydrogen-bond donors (Lipinski definition) is 0. The highest BCUT2D eigenvalue weighted by molar-refractivity contribution is 7.99. The predicted octanol–water partition coefficient (Wildman–Crippen LogP) is 5.55. The molecule has 0 aliphatic heterocycles. The van der Waals surface area contributed by atoms with E-state index in [2.05, 4.69) is 65.1 Å². The van der Waals surface area contributed by atoms with Gasteiger partial charge in [0, 0.05) is 4.90 Å². The van der Waals surface area contributed by atoms with Gasteiger partial charge in [-0.2, -0.15) is 0 Å². The molecule has 0 N–H and O–H groups in total. The van der Waals surface area contributed by atoms with Crippen molar-refractivity contribution in [3.8, 4) is 12.3 Å². The largest absolute Gasteiger partial charge is 0.315 e. The van der Waals surface area contributed by atoms with Gasteiger partial charge in [-0.1, -0.05) is 66.6 Å². The summed E-state index contributed by atoms with van der Waals surface area (Å²) in [5.74, 6) is 3.78. The van der Waals surface area contributed by atoms with Gasteiger partial charge in [-0.3, -0.25) is 0 Å². The van der Waals surface area contributed by atoms with E-state index in [1.165, 1.54) is 10.5 Å². The van der Waals surface area contributed by atoms with Crippen molar-refractivity contribution >= 4 is 22.8 Å². The third kappa shape index (κ3) is 3.24. The van der Waals surface area contributed by atoms with Crippen LogP contribution in [0.4, 0.5) is 0 Å². The lowest BCUT2D eigenvalue weighted by atomic mass is 10.1. The van der Waals surface area contributed by atoms with Gasteiger partial charge in [0.25, 0.3) is 0 Å². The Bertz CT molecular complexity index is 1050. The van der Waals surface area contributed by atoms with Crippen LogP contribution in [0.15, 0.2) is 89.8 Å². The van der Waals surface area contributed by atoms with E-state index < -0.39 is 0 Å². The summed E-state index contributed by atoms with van der Waals surface area (Å²) in [7, 11) is 0. The Kier molecular flexibility index (Phi) is 4.77. The fraction of sp³-hybridized carbons (Fsp3) is 0.0870. The number of terminal acetylenes is 1. The Hall–Kier alpha value is -2.96. The molecule has 4 aromatic rings. The molecule has 0 saturated heterocycles. The van der Waals surface area contributed by atoms with Gasteiger partial charge >= 0.3 is 0 Å². The summed E-state index contributed by atoms with van der Waals surface area (Å²) in [6.07, 6.45) is 5.67. The van der Waals surface area contributed by atoms with Gasteiger partial charge in [0.2, 0.25) is 0 Å². The van der Waals surface area contributed by atoms with Crippen LogP contribution in [0.1, 0.15) is 16.6 Å². The van der Waals surface area contributed by atoms with Gasteiger partial charge in [0.1, 0.15) is 5.82 Å². The molecule has 1 unspecified atom stereocenters. The van der Waals surface area contributed by atoms with Crippen molar-refractivity contribution in [1.29, 1.82) is 0 Å². The van der Waals surface area contributed by atoms with E-state index in [1.807, 2.05) is 30.3 Å². The second kappa shape index (κ2) is 7.51. The van der Waals surface area contributed by atoms with E-state index in [0.717, 1.165) is 16.9 Å². The summed E-state index contributed by atoms with van der Waals surface area (Å²) in [6.45, 7) is 0.508. The lowest BCUT2D eigenvalue weighted by Crippen LogP contribution is -2.08. The van der Waals surface area contributed by atoms with E-state index >= 15 is 0 Å². The molecule has 0 amide bonds. The Labute approximate surface area is 157 Å². The maximum atomic E-state index is 5.67.